The van der Waals surface area contributed by atoms with Gasteiger partial charge in [-0.1, -0.05) is 11.6 Å². The first kappa shape index (κ1) is 13.1. The number of aromatic amines is 1. The first-order valence-electron chi connectivity index (χ1n) is 5.19. The Morgan fingerprint density at radius 1 is 1.42 bits per heavy atom. The molecule has 0 aliphatic rings. The Hall–Kier alpha value is -2.39. The van der Waals surface area contributed by atoms with Gasteiger partial charge >= 0.3 is 5.69 Å². The van der Waals surface area contributed by atoms with Gasteiger partial charge < -0.3 is 0 Å². The third kappa shape index (κ3) is 2.72. The molecule has 1 aromatic heterocycles. The van der Waals surface area contributed by atoms with Gasteiger partial charge in [0.2, 0.25) is 0 Å². The lowest BCUT2D eigenvalue weighted by molar-refractivity contribution is 0.592. The highest BCUT2D eigenvalue weighted by Crippen LogP contribution is 2.11. The van der Waals surface area contributed by atoms with E-state index in [2.05, 4.69) is 0 Å². The number of hydrogen-bond acceptors (Lipinski definition) is 3. The summed E-state index contributed by atoms with van der Waals surface area (Å²) >= 11 is 5.60. The van der Waals surface area contributed by atoms with E-state index in [9.17, 15) is 14.0 Å². The second-order valence-corrected chi connectivity index (χ2v) is 4.19. The van der Waals surface area contributed by atoms with Gasteiger partial charge in [-0.15, -0.1) is 0 Å². The molecule has 1 N–H and O–H groups in total. The van der Waals surface area contributed by atoms with Crippen LogP contribution < -0.4 is 11.2 Å². The van der Waals surface area contributed by atoms with Crippen LogP contribution in [0.25, 0.3) is 0 Å². The van der Waals surface area contributed by atoms with E-state index in [1.165, 1.54) is 12.1 Å². The van der Waals surface area contributed by atoms with Crippen LogP contribution in [0.5, 0.6) is 0 Å². The van der Waals surface area contributed by atoms with Crippen molar-refractivity contribution in [2.45, 2.75) is 6.54 Å². The summed E-state index contributed by atoms with van der Waals surface area (Å²) in [6.07, 6.45) is 1.13. The second kappa shape index (κ2) is 5.08. The van der Waals surface area contributed by atoms with E-state index in [1.54, 1.807) is 0 Å². The summed E-state index contributed by atoms with van der Waals surface area (Å²) in [4.78, 5) is 24.6. The summed E-state index contributed by atoms with van der Waals surface area (Å²) in [7, 11) is 0. The standard InChI is InChI=1S/C12H7ClFN3O2/c13-9-6-17(12(19)16-11(9)18)5-8-3-7(4-15)1-2-10(8)14/h1-3,6H,5H2,(H,16,18,19). The minimum Gasteiger partial charge on any atom is -0.295 e. The number of nitrogens with zero attached hydrogens (tertiary/aromatic N) is 2. The molecule has 0 bridgehead atoms. The fourth-order valence-corrected chi connectivity index (χ4v) is 1.71. The highest BCUT2D eigenvalue weighted by atomic mass is 35.5. The average Bonchev–Trinajstić information content (AvgIpc) is 2.38. The van der Waals surface area contributed by atoms with Crippen molar-refractivity contribution < 1.29 is 4.39 Å². The van der Waals surface area contributed by atoms with Gasteiger partial charge in [0.15, 0.2) is 0 Å². The van der Waals surface area contributed by atoms with Crippen molar-refractivity contribution in [2.75, 3.05) is 0 Å². The summed E-state index contributed by atoms with van der Waals surface area (Å²) in [5, 5.41) is 8.57. The van der Waals surface area contributed by atoms with Crippen LogP contribution in [-0.2, 0) is 6.54 Å². The molecule has 0 amide bonds. The highest BCUT2D eigenvalue weighted by Gasteiger charge is 2.08. The van der Waals surface area contributed by atoms with Gasteiger partial charge in [0.05, 0.1) is 18.2 Å². The molecule has 0 radical (unpaired) electrons. The van der Waals surface area contributed by atoms with Crippen LogP contribution in [0.4, 0.5) is 4.39 Å². The number of H-pyrrole nitrogens is 1. The minimum atomic E-state index is -0.700. The Bertz CT molecular complexity index is 789. The molecule has 7 heteroatoms. The number of halogens is 2. The van der Waals surface area contributed by atoms with E-state index in [4.69, 9.17) is 16.9 Å². The van der Waals surface area contributed by atoms with Gasteiger partial charge in [0, 0.05) is 11.8 Å². The molecule has 0 saturated carbocycles. The van der Waals surface area contributed by atoms with Crippen LogP contribution in [-0.4, -0.2) is 9.55 Å². The van der Waals surface area contributed by atoms with Crippen LogP contribution in [0, 0.1) is 17.1 Å². The Kier molecular flexibility index (Phi) is 3.49. The van der Waals surface area contributed by atoms with E-state index in [-0.39, 0.29) is 22.7 Å². The SMILES string of the molecule is N#Cc1ccc(F)c(Cn2cc(Cl)c(=O)[nH]c2=O)c1. The van der Waals surface area contributed by atoms with Crippen LogP contribution in [0.3, 0.4) is 0 Å². The highest BCUT2D eigenvalue weighted by molar-refractivity contribution is 6.30. The van der Waals surface area contributed by atoms with E-state index in [0.29, 0.717) is 0 Å². The molecule has 19 heavy (non-hydrogen) atoms. The number of hydrogen-bond donors (Lipinski definition) is 1. The van der Waals surface area contributed by atoms with Crippen molar-refractivity contribution in [3.63, 3.8) is 0 Å². The van der Waals surface area contributed by atoms with Crippen LogP contribution in [0.15, 0.2) is 34.0 Å². The predicted octanol–water partition coefficient (Wildman–Crippen LogP) is 1.25. The number of nitriles is 1. The molecule has 0 aliphatic heterocycles. The normalized spacial score (nSPS) is 10.2. The Morgan fingerprint density at radius 3 is 2.84 bits per heavy atom. The topological polar surface area (TPSA) is 78.7 Å². The maximum absolute atomic E-state index is 13.6. The lowest BCUT2D eigenvalue weighted by atomic mass is 10.1. The molecule has 0 aliphatic carbocycles. The molecule has 0 unspecified atom stereocenters. The van der Waals surface area contributed by atoms with E-state index in [1.807, 2.05) is 11.1 Å². The lowest BCUT2D eigenvalue weighted by Gasteiger charge is -2.07. The van der Waals surface area contributed by atoms with Crippen molar-refractivity contribution >= 4 is 11.6 Å². The van der Waals surface area contributed by atoms with E-state index >= 15 is 0 Å². The largest absolute Gasteiger partial charge is 0.328 e. The molecule has 1 heterocycles. The van der Waals surface area contributed by atoms with Gasteiger partial charge in [0.1, 0.15) is 10.8 Å². The molecule has 5 nitrogen and oxygen atoms in total. The number of benzene rings is 1. The quantitative estimate of drug-likeness (QED) is 0.898. The molecule has 96 valence electrons. The molecule has 1 aromatic carbocycles. The van der Waals surface area contributed by atoms with Crippen LogP contribution in [0.1, 0.15) is 11.1 Å². The summed E-state index contributed by atoms with van der Waals surface area (Å²) in [5.74, 6) is -0.548. The zero-order valence-electron chi connectivity index (χ0n) is 9.48. The Morgan fingerprint density at radius 2 is 2.16 bits per heavy atom. The molecule has 0 fully saturated rings. The minimum absolute atomic E-state index is 0.128. The first-order chi connectivity index (χ1) is 9.01. The fraction of sp³-hybridized carbons (Fsp3) is 0.0833. The molecule has 2 aromatic rings. The molecule has 0 saturated heterocycles. The molecule has 0 spiro atoms. The number of rotatable bonds is 2. The van der Waals surface area contributed by atoms with Crippen molar-refractivity contribution in [3.05, 3.63) is 67.2 Å². The van der Waals surface area contributed by atoms with Gasteiger partial charge in [-0.05, 0) is 18.2 Å². The van der Waals surface area contributed by atoms with Gasteiger partial charge in [-0.2, -0.15) is 5.26 Å². The molecule has 0 atom stereocenters. The monoisotopic (exact) mass is 279 g/mol. The zero-order valence-corrected chi connectivity index (χ0v) is 10.2. The zero-order chi connectivity index (χ0) is 14.0. The fourth-order valence-electron chi connectivity index (χ4n) is 1.55. The average molecular weight is 280 g/mol. The van der Waals surface area contributed by atoms with E-state index < -0.39 is 17.1 Å². The van der Waals surface area contributed by atoms with Gasteiger partial charge in [-0.25, -0.2) is 9.18 Å². The van der Waals surface area contributed by atoms with Crippen LogP contribution in [0.2, 0.25) is 5.02 Å². The number of nitrogens with one attached hydrogen (secondary N) is 1. The van der Waals surface area contributed by atoms with Gasteiger partial charge in [-0.3, -0.25) is 14.3 Å². The van der Waals surface area contributed by atoms with Gasteiger partial charge in [0.25, 0.3) is 5.56 Å². The Balaban J connectivity index is 2.48. The summed E-state index contributed by atoms with van der Waals surface area (Å²) in [5.41, 5.74) is -0.963. The second-order valence-electron chi connectivity index (χ2n) is 3.78. The number of aromatic nitrogens is 2. The smallest absolute Gasteiger partial charge is 0.295 e. The van der Waals surface area contributed by atoms with Crippen LogP contribution >= 0.6 is 11.6 Å². The van der Waals surface area contributed by atoms with E-state index in [0.717, 1.165) is 16.8 Å². The van der Waals surface area contributed by atoms with Crippen molar-refractivity contribution in [2.24, 2.45) is 0 Å². The maximum Gasteiger partial charge on any atom is 0.328 e. The lowest BCUT2D eigenvalue weighted by Crippen LogP contribution is -2.30. The summed E-state index contributed by atoms with van der Waals surface area (Å²) in [6, 6.07) is 5.69. The third-order valence-electron chi connectivity index (χ3n) is 2.48. The summed E-state index contributed by atoms with van der Waals surface area (Å²) in [6.45, 7) is -0.128. The predicted molar refractivity (Wildman–Crippen MR) is 66.5 cm³/mol. The van der Waals surface area contributed by atoms with Crippen molar-refractivity contribution in [3.8, 4) is 6.07 Å². The molecule has 2 rings (SSSR count). The first-order valence-corrected chi connectivity index (χ1v) is 5.57. The summed E-state index contributed by atoms with van der Waals surface area (Å²) < 4.78 is 14.6. The van der Waals surface area contributed by atoms with Crippen molar-refractivity contribution in [1.29, 1.82) is 5.26 Å². The van der Waals surface area contributed by atoms with Crippen molar-refractivity contribution in [1.82, 2.24) is 9.55 Å². The molecular weight excluding hydrogens is 273 g/mol. The Labute approximate surface area is 111 Å². The third-order valence-corrected chi connectivity index (χ3v) is 2.75. The molecular formula is C12H7ClFN3O2. The maximum atomic E-state index is 13.6.